The van der Waals surface area contributed by atoms with Crippen molar-refractivity contribution in [3.63, 3.8) is 0 Å². The van der Waals surface area contributed by atoms with E-state index in [-0.39, 0.29) is 17.6 Å². The predicted octanol–water partition coefficient (Wildman–Crippen LogP) is 4.03. The van der Waals surface area contributed by atoms with E-state index in [1.165, 1.54) is 38.6 Å². The van der Waals surface area contributed by atoms with Crippen LogP contribution in [0.2, 0.25) is 0 Å². The van der Waals surface area contributed by atoms with Gasteiger partial charge in [-0.15, -0.1) is 0 Å². The standard InChI is InChI=1S/C27H26FN3O5/c1-34-22-15-20(16-23(17-22)35-2)27(33)31-12-10-30(11-13-31)26(32)8-6-19-5-7-25(24(28)14-19)36-21-4-3-9-29-18-21/h3-9,14-18H,10-13H2,1-2H3/b8-6+. The third-order valence-corrected chi connectivity index (χ3v) is 5.71. The number of ether oxygens (including phenoxy) is 3. The first-order chi connectivity index (χ1) is 17.5. The number of rotatable bonds is 7. The van der Waals surface area contributed by atoms with Crippen molar-refractivity contribution in [3.05, 3.63) is 83.9 Å². The molecule has 0 radical (unpaired) electrons. The van der Waals surface area contributed by atoms with E-state index in [2.05, 4.69) is 4.98 Å². The molecule has 0 unspecified atom stereocenters. The molecule has 1 aliphatic heterocycles. The maximum absolute atomic E-state index is 14.4. The zero-order valence-corrected chi connectivity index (χ0v) is 20.0. The Morgan fingerprint density at radius 1 is 0.917 bits per heavy atom. The van der Waals surface area contributed by atoms with Crippen LogP contribution in [0, 0.1) is 5.82 Å². The lowest BCUT2D eigenvalue weighted by Crippen LogP contribution is -2.50. The van der Waals surface area contributed by atoms with Gasteiger partial charge in [-0.1, -0.05) is 6.07 Å². The molecule has 2 heterocycles. The van der Waals surface area contributed by atoms with Gasteiger partial charge in [0, 0.05) is 50.1 Å². The third kappa shape index (κ3) is 5.99. The fourth-order valence-corrected chi connectivity index (χ4v) is 3.75. The average Bonchev–Trinajstić information content (AvgIpc) is 2.93. The quantitative estimate of drug-likeness (QED) is 0.465. The molecule has 186 valence electrons. The van der Waals surface area contributed by atoms with Crippen molar-refractivity contribution >= 4 is 17.9 Å². The molecule has 0 aliphatic carbocycles. The number of hydrogen-bond acceptors (Lipinski definition) is 6. The summed E-state index contributed by atoms with van der Waals surface area (Å²) in [5, 5.41) is 0. The Hall–Kier alpha value is -4.40. The number of carbonyl (C=O) groups is 2. The topological polar surface area (TPSA) is 81.2 Å². The maximum atomic E-state index is 14.4. The van der Waals surface area contributed by atoms with E-state index in [1.54, 1.807) is 58.5 Å². The fourth-order valence-electron chi connectivity index (χ4n) is 3.75. The van der Waals surface area contributed by atoms with Crippen molar-refractivity contribution in [2.75, 3.05) is 40.4 Å². The van der Waals surface area contributed by atoms with Crippen LogP contribution < -0.4 is 14.2 Å². The zero-order valence-electron chi connectivity index (χ0n) is 20.0. The number of hydrogen-bond donors (Lipinski definition) is 0. The lowest BCUT2D eigenvalue weighted by Gasteiger charge is -2.34. The van der Waals surface area contributed by atoms with Gasteiger partial charge in [-0.05, 0) is 48.0 Å². The van der Waals surface area contributed by atoms with Gasteiger partial charge in [0.25, 0.3) is 5.91 Å². The summed E-state index contributed by atoms with van der Waals surface area (Å²) in [6.07, 6.45) is 6.05. The summed E-state index contributed by atoms with van der Waals surface area (Å²) in [4.78, 5) is 32.9. The van der Waals surface area contributed by atoms with E-state index in [9.17, 15) is 14.0 Å². The summed E-state index contributed by atoms with van der Waals surface area (Å²) in [6.45, 7) is 1.57. The number of aromatic nitrogens is 1. The van der Waals surface area contributed by atoms with Crippen molar-refractivity contribution in [3.8, 4) is 23.0 Å². The highest BCUT2D eigenvalue weighted by molar-refractivity contribution is 5.96. The van der Waals surface area contributed by atoms with Gasteiger partial charge in [-0.25, -0.2) is 4.39 Å². The Bertz CT molecular complexity index is 1240. The molecule has 2 aromatic carbocycles. The molecule has 2 amide bonds. The predicted molar refractivity (Wildman–Crippen MR) is 132 cm³/mol. The Balaban J connectivity index is 1.33. The summed E-state index contributed by atoms with van der Waals surface area (Å²) in [6, 6.07) is 12.9. The number of pyridine rings is 1. The van der Waals surface area contributed by atoms with Crippen LogP contribution in [0.15, 0.2) is 67.0 Å². The molecular weight excluding hydrogens is 465 g/mol. The van der Waals surface area contributed by atoms with Crippen molar-refractivity contribution < 1.29 is 28.2 Å². The molecule has 1 aromatic heterocycles. The molecule has 1 saturated heterocycles. The minimum atomic E-state index is -0.547. The van der Waals surface area contributed by atoms with Crippen molar-refractivity contribution in [1.29, 1.82) is 0 Å². The summed E-state index contributed by atoms with van der Waals surface area (Å²) < 4.78 is 30.4. The van der Waals surface area contributed by atoms with Gasteiger partial charge >= 0.3 is 0 Å². The molecule has 1 aliphatic rings. The van der Waals surface area contributed by atoms with Crippen LogP contribution in [0.1, 0.15) is 15.9 Å². The second-order valence-corrected chi connectivity index (χ2v) is 8.03. The molecule has 0 N–H and O–H groups in total. The summed E-state index contributed by atoms with van der Waals surface area (Å²) in [7, 11) is 3.06. The monoisotopic (exact) mass is 491 g/mol. The molecule has 9 heteroatoms. The molecule has 0 spiro atoms. The number of amides is 2. The smallest absolute Gasteiger partial charge is 0.254 e. The molecule has 36 heavy (non-hydrogen) atoms. The van der Waals surface area contributed by atoms with Crippen molar-refractivity contribution in [2.24, 2.45) is 0 Å². The van der Waals surface area contributed by atoms with Crippen LogP contribution >= 0.6 is 0 Å². The molecule has 0 saturated carbocycles. The SMILES string of the molecule is COc1cc(OC)cc(C(=O)N2CCN(C(=O)/C=C/c3ccc(Oc4cccnc4)c(F)c3)CC2)c1. The molecule has 8 nitrogen and oxygen atoms in total. The molecule has 3 aromatic rings. The highest BCUT2D eigenvalue weighted by Crippen LogP contribution is 2.25. The first-order valence-corrected chi connectivity index (χ1v) is 11.3. The van der Waals surface area contributed by atoms with Gasteiger partial charge in [0.15, 0.2) is 11.6 Å². The number of nitrogens with zero attached hydrogens (tertiary/aromatic N) is 3. The van der Waals surface area contributed by atoms with E-state index in [4.69, 9.17) is 14.2 Å². The first-order valence-electron chi connectivity index (χ1n) is 11.3. The van der Waals surface area contributed by atoms with E-state index >= 15 is 0 Å². The minimum Gasteiger partial charge on any atom is -0.497 e. The summed E-state index contributed by atoms with van der Waals surface area (Å²) in [5.41, 5.74) is 0.990. The number of piperazine rings is 1. The van der Waals surface area contributed by atoms with E-state index in [0.717, 1.165) is 0 Å². The van der Waals surface area contributed by atoms with E-state index < -0.39 is 5.82 Å². The largest absolute Gasteiger partial charge is 0.497 e. The van der Waals surface area contributed by atoms with Gasteiger partial charge in [-0.2, -0.15) is 0 Å². The van der Waals surface area contributed by atoms with Gasteiger partial charge in [0.1, 0.15) is 17.2 Å². The Labute approximate surface area is 208 Å². The van der Waals surface area contributed by atoms with Gasteiger partial charge in [0.05, 0.1) is 20.4 Å². The number of carbonyl (C=O) groups excluding carboxylic acids is 2. The molecular formula is C27H26FN3O5. The third-order valence-electron chi connectivity index (χ3n) is 5.71. The highest BCUT2D eigenvalue weighted by atomic mass is 19.1. The second-order valence-electron chi connectivity index (χ2n) is 8.03. The lowest BCUT2D eigenvalue weighted by atomic mass is 10.1. The normalized spacial score (nSPS) is 13.5. The van der Waals surface area contributed by atoms with Crippen LogP contribution in [0.4, 0.5) is 4.39 Å². The van der Waals surface area contributed by atoms with Crippen molar-refractivity contribution in [2.45, 2.75) is 0 Å². The average molecular weight is 492 g/mol. The van der Waals surface area contributed by atoms with E-state index in [1.807, 2.05) is 0 Å². The second kappa shape index (κ2) is 11.4. The Morgan fingerprint density at radius 3 is 2.22 bits per heavy atom. The van der Waals surface area contributed by atoms with E-state index in [0.29, 0.717) is 54.6 Å². The van der Waals surface area contributed by atoms with Crippen molar-refractivity contribution in [1.82, 2.24) is 14.8 Å². The number of methoxy groups -OCH3 is 2. The fraction of sp³-hybridized carbons (Fsp3) is 0.222. The van der Waals surface area contributed by atoms with Crippen LogP contribution in [-0.4, -0.2) is 67.0 Å². The van der Waals surface area contributed by atoms with Crippen LogP contribution in [-0.2, 0) is 4.79 Å². The maximum Gasteiger partial charge on any atom is 0.254 e. The molecule has 0 atom stereocenters. The van der Waals surface area contributed by atoms with Gasteiger partial charge in [-0.3, -0.25) is 14.6 Å². The highest BCUT2D eigenvalue weighted by Gasteiger charge is 2.24. The number of halogens is 1. The first kappa shape index (κ1) is 24.7. The van der Waals surface area contributed by atoms with Crippen LogP contribution in [0.3, 0.4) is 0 Å². The lowest BCUT2D eigenvalue weighted by molar-refractivity contribution is -0.127. The van der Waals surface area contributed by atoms with Gasteiger partial charge < -0.3 is 24.0 Å². The summed E-state index contributed by atoms with van der Waals surface area (Å²) in [5.74, 6) is 0.656. The molecule has 1 fully saturated rings. The van der Waals surface area contributed by atoms with Crippen LogP contribution in [0.5, 0.6) is 23.0 Å². The van der Waals surface area contributed by atoms with Gasteiger partial charge in [0.2, 0.25) is 5.91 Å². The Morgan fingerprint density at radius 2 is 1.61 bits per heavy atom. The molecule has 4 rings (SSSR count). The molecule has 0 bridgehead atoms. The summed E-state index contributed by atoms with van der Waals surface area (Å²) >= 11 is 0. The van der Waals surface area contributed by atoms with Crippen LogP contribution in [0.25, 0.3) is 6.08 Å². The Kier molecular flexibility index (Phi) is 7.79. The minimum absolute atomic E-state index is 0.0703. The number of benzene rings is 2. The zero-order chi connectivity index (χ0) is 25.5.